The van der Waals surface area contributed by atoms with Gasteiger partial charge in [0.25, 0.3) is 5.91 Å². The molecule has 0 fully saturated rings. The molecule has 0 aliphatic rings. The predicted octanol–water partition coefficient (Wildman–Crippen LogP) is 0.750. The Kier molecular flexibility index (Phi) is 4.30. The minimum absolute atomic E-state index is 0.0349. The van der Waals surface area contributed by atoms with Gasteiger partial charge in [-0.3, -0.25) is 14.2 Å². The van der Waals surface area contributed by atoms with Crippen molar-refractivity contribution in [2.24, 2.45) is 7.05 Å². The summed E-state index contributed by atoms with van der Waals surface area (Å²) in [6.07, 6.45) is 1.17. The molecule has 0 aromatic carbocycles. The number of amides is 1. The summed E-state index contributed by atoms with van der Waals surface area (Å²) in [5.74, 6) is -1.64. The van der Waals surface area contributed by atoms with Crippen LogP contribution in [0, 0.1) is 13.8 Å². The van der Waals surface area contributed by atoms with Crippen LogP contribution in [0.5, 0.6) is 0 Å². The lowest BCUT2D eigenvalue weighted by Crippen LogP contribution is -2.37. The molecule has 2 aromatic rings. The van der Waals surface area contributed by atoms with Gasteiger partial charge in [-0.25, -0.2) is 4.79 Å². The van der Waals surface area contributed by atoms with Gasteiger partial charge in [-0.05, 0) is 26.8 Å². The van der Waals surface area contributed by atoms with Crippen LogP contribution >= 0.6 is 0 Å². The summed E-state index contributed by atoms with van der Waals surface area (Å²) in [5, 5.41) is 20.0. The summed E-state index contributed by atoms with van der Waals surface area (Å²) < 4.78 is 3.07. The third-order valence-corrected chi connectivity index (χ3v) is 3.31. The number of carbonyl (C=O) groups is 2. The maximum atomic E-state index is 12.3. The van der Waals surface area contributed by atoms with E-state index in [1.54, 1.807) is 0 Å². The Bertz CT molecular complexity index is 716. The third-order valence-electron chi connectivity index (χ3n) is 3.31. The molecule has 2 heterocycles. The van der Waals surface area contributed by atoms with E-state index in [-0.39, 0.29) is 17.3 Å². The summed E-state index contributed by atoms with van der Waals surface area (Å²) in [6.45, 7) is 6.19. The normalized spacial score (nSPS) is 12.2. The van der Waals surface area contributed by atoms with Crippen molar-refractivity contribution in [3.05, 3.63) is 34.9 Å². The van der Waals surface area contributed by atoms with Crippen LogP contribution in [0.1, 0.15) is 39.2 Å². The molecule has 22 heavy (non-hydrogen) atoms. The molecule has 0 spiro atoms. The van der Waals surface area contributed by atoms with Crippen molar-refractivity contribution in [1.82, 2.24) is 24.9 Å². The number of hydrogen-bond donors (Lipinski definition) is 2. The van der Waals surface area contributed by atoms with Crippen molar-refractivity contribution in [2.45, 2.75) is 33.4 Å². The fourth-order valence-corrected chi connectivity index (χ4v) is 2.32. The van der Waals surface area contributed by atoms with Crippen molar-refractivity contribution >= 4 is 11.9 Å². The summed E-state index contributed by atoms with van der Waals surface area (Å²) in [4.78, 5) is 23.4. The van der Waals surface area contributed by atoms with E-state index in [1.807, 2.05) is 31.5 Å². The van der Waals surface area contributed by atoms with Gasteiger partial charge >= 0.3 is 5.97 Å². The van der Waals surface area contributed by atoms with E-state index in [0.717, 1.165) is 11.4 Å². The molecule has 1 amide bonds. The summed E-state index contributed by atoms with van der Waals surface area (Å²) in [6, 6.07) is 1.75. The van der Waals surface area contributed by atoms with Gasteiger partial charge in [-0.1, -0.05) is 0 Å². The first kappa shape index (κ1) is 15.7. The number of carboxylic acids is 1. The minimum atomic E-state index is -1.18. The molecule has 118 valence electrons. The second kappa shape index (κ2) is 6.00. The van der Waals surface area contributed by atoms with Crippen LogP contribution in [0.25, 0.3) is 0 Å². The van der Waals surface area contributed by atoms with Gasteiger partial charge < -0.3 is 10.4 Å². The lowest BCUT2D eigenvalue weighted by atomic mass is 10.2. The highest BCUT2D eigenvalue weighted by molar-refractivity contribution is 6.03. The Hall–Kier alpha value is -2.64. The van der Waals surface area contributed by atoms with Crippen LogP contribution in [-0.2, 0) is 13.6 Å². The zero-order valence-electron chi connectivity index (χ0n) is 13.0. The molecule has 0 aliphatic carbocycles. The number of hydrogen-bond acceptors (Lipinski definition) is 4. The van der Waals surface area contributed by atoms with Gasteiger partial charge in [0.2, 0.25) is 0 Å². The summed E-state index contributed by atoms with van der Waals surface area (Å²) in [7, 11) is 1.53. The Morgan fingerprint density at radius 2 is 2.09 bits per heavy atom. The second-order valence-corrected chi connectivity index (χ2v) is 5.32. The van der Waals surface area contributed by atoms with Gasteiger partial charge in [0.1, 0.15) is 11.3 Å². The van der Waals surface area contributed by atoms with Crippen molar-refractivity contribution in [2.75, 3.05) is 0 Å². The van der Waals surface area contributed by atoms with Gasteiger partial charge in [0, 0.05) is 18.8 Å². The number of aromatic carboxylic acids is 1. The van der Waals surface area contributed by atoms with Crippen molar-refractivity contribution in [1.29, 1.82) is 0 Å². The molecule has 1 atom stereocenters. The van der Waals surface area contributed by atoms with E-state index < -0.39 is 11.9 Å². The zero-order chi connectivity index (χ0) is 16.4. The molecule has 1 unspecified atom stereocenters. The van der Waals surface area contributed by atoms with E-state index in [4.69, 9.17) is 5.11 Å². The largest absolute Gasteiger partial charge is 0.478 e. The summed E-state index contributed by atoms with van der Waals surface area (Å²) in [5.41, 5.74) is 1.84. The molecule has 8 nitrogen and oxygen atoms in total. The van der Waals surface area contributed by atoms with Gasteiger partial charge in [0.15, 0.2) is 0 Å². The first-order valence-corrected chi connectivity index (χ1v) is 6.86. The van der Waals surface area contributed by atoms with E-state index in [9.17, 15) is 9.59 Å². The van der Waals surface area contributed by atoms with E-state index in [1.165, 1.54) is 17.9 Å². The first-order valence-electron chi connectivity index (χ1n) is 6.86. The number of carbonyl (C=O) groups excluding carboxylic acids is 1. The van der Waals surface area contributed by atoms with E-state index >= 15 is 0 Å². The Morgan fingerprint density at radius 1 is 1.41 bits per heavy atom. The van der Waals surface area contributed by atoms with Crippen LogP contribution in [0.15, 0.2) is 12.3 Å². The van der Waals surface area contributed by atoms with Crippen LogP contribution in [0.2, 0.25) is 0 Å². The maximum Gasteiger partial charge on any atom is 0.339 e. The Morgan fingerprint density at radius 3 is 2.64 bits per heavy atom. The average molecular weight is 305 g/mol. The number of nitrogens with zero attached hydrogens (tertiary/aromatic N) is 4. The number of carboxylic acid groups (broad SMARTS) is 1. The molecule has 0 saturated heterocycles. The van der Waals surface area contributed by atoms with E-state index in [2.05, 4.69) is 15.5 Å². The van der Waals surface area contributed by atoms with Crippen LogP contribution in [0.4, 0.5) is 0 Å². The molecule has 2 aromatic heterocycles. The lowest BCUT2D eigenvalue weighted by molar-refractivity contribution is 0.0690. The van der Waals surface area contributed by atoms with Crippen molar-refractivity contribution in [3.8, 4) is 0 Å². The zero-order valence-corrected chi connectivity index (χ0v) is 13.0. The molecule has 0 bridgehead atoms. The van der Waals surface area contributed by atoms with E-state index in [0.29, 0.717) is 6.54 Å². The number of aryl methyl sites for hydroxylation is 3. The minimum Gasteiger partial charge on any atom is -0.478 e. The standard InChI is InChI=1S/C14H19N5O3/c1-8-5-10(3)19(17-8)7-9(2)16-13(20)12-11(14(21)22)6-15-18(12)4/h5-6,9H,7H2,1-4H3,(H,16,20)(H,21,22). The van der Waals surface area contributed by atoms with Gasteiger partial charge in [-0.2, -0.15) is 10.2 Å². The van der Waals surface area contributed by atoms with Crippen LogP contribution < -0.4 is 5.32 Å². The molecular formula is C14H19N5O3. The number of nitrogens with one attached hydrogen (secondary N) is 1. The topological polar surface area (TPSA) is 102 Å². The number of rotatable bonds is 5. The first-order chi connectivity index (χ1) is 10.3. The molecule has 0 radical (unpaired) electrons. The highest BCUT2D eigenvalue weighted by atomic mass is 16.4. The Labute approximate surface area is 127 Å². The average Bonchev–Trinajstić information content (AvgIpc) is 2.92. The molecule has 0 aliphatic heterocycles. The Balaban J connectivity index is 2.10. The second-order valence-electron chi connectivity index (χ2n) is 5.32. The van der Waals surface area contributed by atoms with Crippen molar-refractivity contribution in [3.63, 3.8) is 0 Å². The molecule has 2 rings (SSSR count). The molecule has 2 N–H and O–H groups in total. The third kappa shape index (κ3) is 3.16. The lowest BCUT2D eigenvalue weighted by Gasteiger charge is -2.15. The molecule has 0 saturated carbocycles. The van der Waals surface area contributed by atoms with Crippen molar-refractivity contribution < 1.29 is 14.7 Å². The SMILES string of the molecule is Cc1cc(C)n(CC(C)NC(=O)c2c(C(=O)O)cnn2C)n1. The fourth-order valence-electron chi connectivity index (χ4n) is 2.32. The highest BCUT2D eigenvalue weighted by Gasteiger charge is 2.22. The predicted molar refractivity (Wildman–Crippen MR) is 78.8 cm³/mol. The smallest absolute Gasteiger partial charge is 0.339 e. The number of aromatic nitrogens is 4. The van der Waals surface area contributed by atoms with Gasteiger partial charge in [0.05, 0.1) is 18.4 Å². The van der Waals surface area contributed by atoms with Crippen LogP contribution in [0.3, 0.4) is 0 Å². The molecule has 8 heteroatoms. The molecular weight excluding hydrogens is 286 g/mol. The fraction of sp³-hybridized carbons (Fsp3) is 0.429. The quantitative estimate of drug-likeness (QED) is 0.848. The monoisotopic (exact) mass is 305 g/mol. The highest BCUT2D eigenvalue weighted by Crippen LogP contribution is 2.08. The van der Waals surface area contributed by atoms with Gasteiger partial charge in [-0.15, -0.1) is 0 Å². The maximum absolute atomic E-state index is 12.3. The summed E-state index contributed by atoms with van der Waals surface area (Å²) >= 11 is 0. The van der Waals surface area contributed by atoms with Crippen LogP contribution in [-0.4, -0.2) is 42.6 Å².